The molecule has 0 bridgehead atoms. The summed E-state index contributed by atoms with van der Waals surface area (Å²) in [6.07, 6.45) is 2.03. The Morgan fingerprint density at radius 3 is 2.54 bits per heavy atom. The van der Waals surface area contributed by atoms with Gasteiger partial charge in [-0.25, -0.2) is 0 Å². The molecular weight excluding hydrogens is 160 g/mol. The van der Waals surface area contributed by atoms with Gasteiger partial charge in [-0.1, -0.05) is 44.2 Å². The molecule has 0 aliphatic carbocycles. The predicted molar refractivity (Wildman–Crippen MR) is 53.5 cm³/mol. The highest BCUT2D eigenvalue weighted by atomic mass is 16.6. The molecule has 0 spiro atoms. The molecule has 0 N–H and O–H groups in total. The van der Waals surface area contributed by atoms with Crippen LogP contribution in [-0.2, 0) is 4.74 Å². The van der Waals surface area contributed by atoms with Gasteiger partial charge >= 0.3 is 0 Å². The number of benzene rings is 1. The molecule has 1 aromatic carbocycles. The highest BCUT2D eigenvalue weighted by Crippen LogP contribution is 2.41. The fourth-order valence-electron chi connectivity index (χ4n) is 1.72. The Hall–Kier alpha value is -0.820. The van der Waals surface area contributed by atoms with Crippen molar-refractivity contribution in [1.29, 1.82) is 0 Å². The minimum absolute atomic E-state index is 0.378. The molecule has 70 valence electrons. The van der Waals surface area contributed by atoms with Gasteiger partial charge in [-0.3, -0.25) is 0 Å². The van der Waals surface area contributed by atoms with Gasteiger partial charge < -0.3 is 4.74 Å². The summed E-state index contributed by atoms with van der Waals surface area (Å²) < 4.78 is 5.61. The minimum Gasteiger partial charge on any atom is -0.364 e. The van der Waals surface area contributed by atoms with Gasteiger partial charge in [0.25, 0.3) is 0 Å². The average molecular weight is 176 g/mol. The summed E-state index contributed by atoms with van der Waals surface area (Å²) in [6, 6.07) is 10.5. The summed E-state index contributed by atoms with van der Waals surface area (Å²) in [5.41, 5.74) is 1.33. The minimum atomic E-state index is 0.378. The number of rotatable bonds is 3. The number of hydrogen-bond acceptors (Lipinski definition) is 1. The van der Waals surface area contributed by atoms with E-state index in [0.29, 0.717) is 12.2 Å². The molecule has 0 amide bonds. The van der Waals surface area contributed by atoms with Crippen molar-refractivity contribution in [2.45, 2.75) is 32.5 Å². The standard InChI is InChI=1S/C12H16O/c1-9(2)8-11-12(13-11)10-6-4-3-5-7-10/h3-7,9,11-12H,8H2,1-2H3/t11-,12-/m1/s1. The third kappa shape index (κ3) is 2.10. The Balaban J connectivity index is 1.93. The highest BCUT2D eigenvalue weighted by Gasteiger charge is 2.39. The summed E-state index contributed by atoms with van der Waals surface area (Å²) in [5, 5.41) is 0. The van der Waals surface area contributed by atoms with Gasteiger partial charge in [0.05, 0.1) is 6.10 Å². The Morgan fingerprint density at radius 2 is 1.92 bits per heavy atom. The molecule has 1 heterocycles. The van der Waals surface area contributed by atoms with E-state index >= 15 is 0 Å². The summed E-state index contributed by atoms with van der Waals surface area (Å²) in [7, 11) is 0. The van der Waals surface area contributed by atoms with Crippen molar-refractivity contribution in [3.63, 3.8) is 0 Å². The van der Waals surface area contributed by atoms with Gasteiger partial charge in [0.2, 0.25) is 0 Å². The van der Waals surface area contributed by atoms with Gasteiger partial charge in [-0.15, -0.1) is 0 Å². The summed E-state index contributed by atoms with van der Waals surface area (Å²) >= 11 is 0. The Labute approximate surface area is 79.7 Å². The quantitative estimate of drug-likeness (QED) is 0.644. The first-order valence-electron chi connectivity index (χ1n) is 4.98. The first-order chi connectivity index (χ1) is 6.27. The first-order valence-corrected chi connectivity index (χ1v) is 4.98. The molecule has 1 heteroatoms. The van der Waals surface area contributed by atoms with Crippen LogP contribution in [0, 0.1) is 5.92 Å². The van der Waals surface area contributed by atoms with Crippen LogP contribution in [0.4, 0.5) is 0 Å². The molecular formula is C12H16O. The van der Waals surface area contributed by atoms with Crippen LogP contribution in [0.25, 0.3) is 0 Å². The second-order valence-electron chi connectivity index (χ2n) is 4.14. The molecule has 0 aromatic heterocycles. The second kappa shape index (κ2) is 3.51. The predicted octanol–water partition coefficient (Wildman–Crippen LogP) is 3.17. The van der Waals surface area contributed by atoms with Gasteiger partial charge in [0.15, 0.2) is 0 Å². The van der Waals surface area contributed by atoms with E-state index in [-0.39, 0.29) is 0 Å². The van der Waals surface area contributed by atoms with Crippen LogP contribution in [0.5, 0.6) is 0 Å². The van der Waals surface area contributed by atoms with E-state index in [9.17, 15) is 0 Å². The molecule has 2 atom stereocenters. The van der Waals surface area contributed by atoms with E-state index in [4.69, 9.17) is 4.74 Å². The molecule has 1 saturated heterocycles. The van der Waals surface area contributed by atoms with E-state index in [1.165, 1.54) is 12.0 Å². The zero-order valence-electron chi connectivity index (χ0n) is 8.23. The summed E-state index contributed by atoms with van der Waals surface area (Å²) in [5.74, 6) is 0.735. The van der Waals surface area contributed by atoms with Gasteiger partial charge in [-0.2, -0.15) is 0 Å². The van der Waals surface area contributed by atoms with Crippen molar-refractivity contribution in [3.05, 3.63) is 35.9 Å². The zero-order valence-corrected chi connectivity index (χ0v) is 8.23. The van der Waals surface area contributed by atoms with Crippen molar-refractivity contribution in [2.75, 3.05) is 0 Å². The van der Waals surface area contributed by atoms with E-state index in [0.717, 1.165) is 5.92 Å². The van der Waals surface area contributed by atoms with E-state index in [1.807, 2.05) is 6.07 Å². The fraction of sp³-hybridized carbons (Fsp3) is 0.500. The Morgan fingerprint density at radius 1 is 1.23 bits per heavy atom. The molecule has 1 aliphatic heterocycles. The topological polar surface area (TPSA) is 12.5 Å². The lowest BCUT2D eigenvalue weighted by Gasteiger charge is -1.99. The van der Waals surface area contributed by atoms with Crippen LogP contribution in [0.15, 0.2) is 30.3 Å². The molecule has 0 saturated carbocycles. The van der Waals surface area contributed by atoms with E-state index in [2.05, 4.69) is 38.1 Å². The third-order valence-electron chi connectivity index (χ3n) is 2.41. The molecule has 1 fully saturated rings. The third-order valence-corrected chi connectivity index (χ3v) is 2.41. The fourth-order valence-corrected chi connectivity index (χ4v) is 1.72. The van der Waals surface area contributed by atoms with Crippen molar-refractivity contribution in [2.24, 2.45) is 5.92 Å². The number of epoxide rings is 1. The number of ether oxygens (including phenoxy) is 1. The second-order valence-corrected chi connectivity index (χ2v) is 4.14. The van der Waals surface area contributed by atoms with Crippen LogP contribution in [0.3, 0.4) is 0 Å². The molecule has 1 nitrogen and oxygen atoms in total. The summed E-state index contributed by atoms with van der Waals surface area (Å²) in [6.45, 7) is 4.48. The summed E-state index contributed by atoms with van der Waals surface area (Å²) in [4.78, 5) is 0. The normalized spacial score (nSPS) is 26.4. The number of hydrogen-bond donors (Lipinski definition) is 0. The maximum Gasteiger partial charge on any atom is 0.109 e. The van der Waals surface area contributed by atoms with Crippen LogP contribution in [0.1, 0.15) is 31.9 Å². The molecule has 2 rings (SSSR count). The van der Waals surface area contributed by atoms with Gasteiger partial charge in [-0.05, 0) is 17.9 Å². The lowest BCUT2D eigenvalue weighted by Crippen LogP contribution is -1.95. The monoisotopic (exact) mass is 176 g/mol. The molecule has 1 aliphatic rings. The van der Waals surface area contributed by atoms with Crippen molar-refractivity contribution in [1.82, 2.24) is 0 Å². The maximum atomic E-state index is 5.61. The van der Waals surface area contributed by atoms with Crippen molar-refractivity contribution in [3.8, 4) is 0 Å². The van der Waals surface area contributed by atoms with Crippen LogP contribution in [0.2, 0.25) is 0 Å². The lowest BCUT2D eigenvalue weighted by atomic mass is 10.0. The van der Waals surface area contributed by atoms with Crippen LogP contribution < -0.4 is 0 Å². The maximum absolute atomic E-state index is 5.61. The van der Waals surface area contributed by atoms with Gasteiger partial charge in [0.1, 0.15) is 6.10 Å². The van der Waals surface area contributed by atoms with Crippen LogP contribution in [-0.4, -0.2) is 6.10 Å². The molecule has 1 aromatic rings. The molecule has 13 heavy (non-hydrogen) atoms. The lowest BCUT2D eigenvalue weighted by molar-refractivity contribution is 0.348. The van der Waals surface area contributed by atoms with Crippen molar-refractivity contribution >= 4 is 0 Å². The Bertz CT molecular complexity index is 266. The van der Waals surface area contributed by atoms with Crippen LogP contribution >= 0.6 is 0 Å². The zero-order chi connectivity index (χ0) is 9.26. The van der Waals surface area contributed by atoms with E-state index < -0.39 is 0 Å². The average Bonchev–Trinajstić information content (AvgIpc) is 2.84. The largest absolute Gasteiger partial charge is 0.364 e. The SMILES string of the molecule is CC(C)C[C@H]1O[C@@H]1c1ccccc1. The highest BCUT2D eigenvalue weighted by molar-refractivity contribution is 5.22. The molecule has 0 unspecified atom stereocenters. The van der Waals surface area contributed by atoms with E-state index in [1.54, 1.807) is 0 Å². The van der Waals surface area contributed by atoms with Gasteiger partial charge in [0, 0.05) is 0 Å². The van der Waals surface area contributed by atoms with Crippen molar-refractivity contribution < 1.29 is 4.74 Å². The Kier molecular flexibility index (Phi) is 2.36. The molecule has 0 radical (unpaired) electrons. The smallest absolute Gasteiger partial charge is 0.109 e. The first kappa shape index (κ1) is 8.76.